The third-order valence-electron chi connectivity index (χ3n) is 5.94. The van der Waals surface area contributed by atoms with Crippen LogP contribution in [0.4, 0.5) is 0 Å². The predicted octanol–water partition coefficient (Wildman–Crippen LogP) is 4.83. The monoisotopic (exact) mass is 438 g/mol. The van der Waals surface area contributed by atoms with Gasteiger partial charge in [-0.25, -0.2) is 0 Å². The van der Waals surface area contributed by atoms with Gasteiger partial charge >= 0.3 is 0 Å². The molecule has 0 bridgehead atoms. The summed E-state index contributed by atoms with van der Waals surface area (Å²) in [6.45, 7) is 2.41. The van der Waals surface area contributed by atoms with Crippen LogP contribution in [-0.4, -0.2) is 41.1 Å². The molecule has 2 aromatic carbocycles. The smallest absolute Gasteiger partial charge is 0.242 e. The van der Waals surface area contributed by atoms with E-state index in [9.17, 15) is 9.59 Å². The molecular weight excluding hydrogens is 404 g/mol. The number of hydrogen-bond donors (Lipinski definition) is 1. The second-order valence-electron chi connectivity index (χ2n) is 8.32. The van der Waals surface area contributed by atoms with Crippen molar-refractivity contribution in [2.45, 2.75) is 63.3 Å². The highest BCUT2D eigenvalue weighted by molar-refractivity contribution is 7.99. The lowest BCUT2D eigenvalue weighted by Crippen LogP contribution is -2.51. The Hall–Kier alpha value is -2.27. The standard InChI is InChI=1S/C26H34N2O2S/c1-21(26(30)27-24-15-9-4-10-16-24)28(18-17-22-11-5-2-6-12-22)25(29)20-31-19-23-13-7-3-8-14-23/h2-3,5-8,11-14,21,24H,4,9-10,15-20H2,1H3,(H,27,30). The Kier molecular flexibility index (Phi) is 9.47. The molecule has 1 atom stereocenters. The molecule has 1 fully saturated rings. The van der Waals surface area contributed by atoms with Crippen molar-refractivity contribution in [2.24, 2.45) is 0 Å². The van der Waals surface area contributed by atoms with Crippen LogP contribution in [0.5, 0.6) is 0 Å². The van der Waals surface area contributed by atoms with Crippen molar-refractivity contribution >= 4 is 23.6 Å². The number of hydrogen-bond acceptors (Lipinski definition) is 3. The summed E-state index contributed by atoms with van der Waals surface area (Å²) in [5.41, 5.74) is 2.39. The maximum absolute atomic E-state index is 13.1. The van der Waals surface area contributed by atoms with Crippen LogP contribution in [0.3, 0.4) is 0 Å². The minimum Gasteiger partial charge on any atom is -0.352 e. The third kappa shape index (κ3) is 7.73. The van der Waals surface area contributed by atoms with Gasteiger partial charge in [0.15, 0.2) is 0 Å². The van der Waals surface area contributed by atoms with Gasteiger partial charge < -0.3 is 10.2 Å². The zero-order valence-electron chi connectivity index (χ0n) is 18.5. The van der Waals surface area contributed by atoms with Gasteiger partial charge in [0.1, 0.15) is 6.04 Å². The second-order valence-corrected chi connectivity index (χ2v) is 9.31. The number of carbonyl (C=O) groups is 2. The molecule has 0 aliphatic heterocycles. The molecule has 0 spiro atoms. The number of amides is 2. The summed E-state index contributed by atoms with van der Waals surface area (Å²) in [6, 6.07) is 20.1. The lowest BCUT2D eigenvalue weighted by atomic mass is 9.95. The Balaban J connectivity index is 1.59. The van der Waals surface area contributed by atoms with E-state index >= 15 is 0 Å². The minimum atomic E-state index is -0.463. The van der Waals surface area contributed by atoms with Crippen molar-refractivity contribution < 1.29 is 9.59 Å². The van der Waals surface area contributed by atoms with Crippen LogP contribution in [0, 0.1) is 0 Å². The number of benzene rings is 2. The van der Waals surface area contributed by atoms with Gasteiger partial charge in [0.05, 0.1) is 5.75 Å². The molecule has 4 nitrogen and oxygen atoms in total. The molecule has 0 heterocycles. The SMILES string of the molecule is CC(C(=O)NC1CCCCC1)N(CCc1ccccc1)C(=O)CSCc1ccccc1. The normalized spacial score (nSPS) is 15.3. The maximum Gasteiger partial charge on any atom is 0.242 e. The number of rotatable bonds is 10. The molecule has 2 aromatic rings. The minimum absolute atomic E-state index is 0.0265. The average molecular weight is 439 g/mol. The van der Waals surface area contributed by atoms with E-state index in [1.54, 1.807) is 16.7 Å². The van der Waals surface area contributed by atoms with Crippen molar-refractivity contribution in [2.75, 3.05) is 12.3 Å². The molecule has 2 amide bonds. The van der Waals surface area contributed by atoms with Crippen molar-refractivity contribution in [3.05, 3.63) is 71.8 Å². The molecule has 1 aliphatic carbocycles. The molecule has 0 saturated heterocycles. The van der Waals surface area contributed by atoms with Crippen LogP contribution in [0.2, 0.25) is 0 Å². The molecule has 1 saturated carbocycles. The van der Waals surface area contributed by atoms with Gasteiger partial charge in [-0.3, -0.25) is 9.59 Å². The van der Waals surface area contributed by atoms with Crippen LogP contribution in [0.25, 0.3) is 0 Å². The van der Waals surface area contributed by atoms with Gasteiger partial charge in [0.2, 0.25) is 11.8 Å². The predicted molar refractivity (Wildman–Crippen MR) is 129 cm³/mol. The highest BCUT2D eigenvalue weighted by Gasteiger charge is 2.27. The van der Waals surface area contributed by atoms with Gasteiger partial charge in [-0.15, -0.1) is 11.8 Å². The molecule has 1 N–H and O–H groups in total. The molecule has 0 radical (unpaired) electrons. The second kappa shape index (κ2) is 12.6. The lowest BCUT2D eigenvalue weighted by molar-refractivity contribution is -0.138. The van der Waals surface area contributed by atoms with E-state index in [0.29, 0.717) is 12.3 Å². The maximum atomic E-state index is 13.1. The van der Waals surface area contributed by atoms with E-state index in [1.807, 2.05) is 43.3 Å². The summed E-state index contributed by atoms with van der Waals surface area (Å²) in [4.78, 5) is 27.8. The number of thioether (sulfide) groups is 1. The molecular formula is C26H34N2O2S. The number of nitrogens with zero attached hydrogens (tertiary/aromatic N) is 1. The van der Waals surface area contributed by atoms with E-state index < -0.39 is 6.04 Å². The molecule has 3 rings (SSSR count). The lowest BCUT2D eigenvalue weighted by Gasteiger charge is -2.31. The zero-order chi connectivity index (χ0) is 21.9. The van der Waals surface area contributed by atoms with Crippen LogP contribution >= 0.6 is 11.8 Å². The van der Waals surface area contributed by atoms with E-state index in [2.05, 4.69) is 29.6 Å². The molecule has 1 aliphatic rings. The van der Waals surface area contributed by atoms with Gasteiger partial charge in [0, 0.05) is 18.3 Å². The topological polar surface area (TPSA) is 49.4 Å². The van der Waals surface area contributed by atoms with Crippen LogP contribution < -0.4 is 5.32 Å². The van der Waals surface area contributed by atoms with Crippen molar-refractivity contribution in [1.29, 1.82) is 0 Å². The first-order valence-electron chi connectivity index (χ1n) is 11.4. The highest BCUT2D eigenvalue weighted by atomic mass is 32.2. The van der Waals surface area contributed by atoms with Crippen LogP contribution in [-0.2, 0) is 21.8 Å². The summed E-state index contributed by atoms with van der Waals surface area (Å²) in [5.74, 6) is 1.18. The Bertz CT molecular complexity index is 807. The molecule has 1 unspecified atom stereocenters. The first-order valence-corrected chi connectivity index (χ1v) is 12.5. The van der Waals surface area contributed by atoms with Gasteiger partial charge in [0.25, 0.3) is 0 Å². The van der Waals surface area contributed by atoms with Crippen LogP contribution in [0.1, 0.15) is 50.2 Å². The highest BCUT2D eigenvalue weighted by Crippen LogP contribution is 2.18. The fraction of sp³-hybridized carbons (Fsp3) is 0.462. The quantitative estimate of drug-likeness (QED) is 0.578. The van der Waals surface area contributed by atoms with E-state index in [1.165, 1.54) is 30.4 Å². The van der Waals surface area contributed by atoms with Crippen molar-refractivity contribution in [3.63, 3.8) is 0 Å². The number of nitrogens with one attached hydrogen (secondary N) is 1. The Labute approximate surface area is 190 Å². The Morgan fingerprint density at radius 3 is 2.23 bits per heavy atom. The summed E-state index contributed by atoms with van der Waals surface area (Å²) in [5, 5.41) is 3.19. The Morgan fingerprint density at radius 2 is 1.58 bits per heavy atom. The van der Waals surface area contributed by atoms with Crippen LogP contribution in [0.15, 0.2) is 60.7 Å². The molecule has 5 heteroatoms. The first-order chi connectivity index (χ1) is 15.1. The van der Waals surface area contributed by atoms with Gasteiger partial charge in [-0.1, -0.05) is 79.9 Å². The summed E-state index contributed by atoms with van der Waals surface area (Å²) in [7, 11) is 0. The molecule has 166 valence electrons. The third-order valence-corrected chi connectivity index (χ3v) is 6.93. The van der Waals surface area contributed by atoms with Crippen molar-refractivity contribution in [1.82, 2.24) is 10.2 Å². The van der Waals surface area contributed by atoms with E-state index in [-0.39, 0.29) is 17.9 Å². The fourth-order valence-corrected chi connectivity index (χ4v) is 4.92. The zero-order valence-corrected chi connectivity index (χ0v) is 19.3. The Morgan fingerprint density at radius 1 is 0.968 bits per heavy atom. The van der Waals surface area contributed by atoms with Gasteiger partial charge in [-0.2, -0.15) is 0 Å². The summed E-state index contributed by atoms with van der Waals surface area (Å²) >= 11 is 1.61. The largest absolute Gasteiger partial charge is 0.352 e. The molecule has 0 aromatic heterocycles. The molecule has 31 heavy (non-hydrogen) atoms. The average Bonchev–Trinajstić information content (AvgIpc) is 2.81. The van der Waals surface area contributed by atoms with Crippen molar-refractivity contribution in [3.8, 4) is 0 Å². The van der Waals surface area contributed by atoms with Gasteiger partial charge in [-0.05, 0) is 37.3 Å². The number of carbonyl (C=O) groups excluding carboxylic acids is 2. The first kappa shape index (κ1) is 23.4. The van der Waals surface area contributed by atoms with E-state index in [0.717, 1.165) is 25.0 Å². The van der Waals surface area contributed by atoms with E-state index in [4.69, 9.17) is 0 Å². The summed E-state index contributed by atoms with van der Waals surface area (Å²) < 4.78 is 0. The fourth-order valence-electron chi connectivity index (χ4n) is 4.05. The summed E-state index contributed by atoms with van der Waals surface area (Å²) in [6.07, 6.45) is 6.43.